The smallest absolute Gasteiger partial charge is 0.0576 e. The minimum Gasteiger partial charge on any atom is -0.303 e. The number of terminal acetylenes is 1. The summed E-state index contributed by atoms with van der Waals surface area (Å²) in [5.74, 6) is 3.46. The third-order valence-electron chi connectivity index (χ3n) is 2.95. The van der Waals surface area contributed by atoms with Gasteiger partial charge in [0, 0.05) is 6.04 Å². The lowest BCUT2D eigenvalue weighted by Crippen LogP contribution is -2.32. The summed E-state index contributed by atoms with van der Waals surface area (Å²) < 4.78 is 0. The molecular weight excluding hydrogens is 170 g/mol. The molecule has 1 heteroatoms. The van der Waals surface area contributed by atoms with E-state index >= 15 is 0 Å². The first-order chi connectivity index (χ1) is 6.74. The van der Waals surface area contributed by atoms with Crippen LogP contribution in [0.3, 0.4) is 0 Å². The second-order valence-electron chi connectivity index (χ2n) is 4.40. The molecule has 0 spiro atoms. The van der Waals surface area contributed by atoms with Crippen LogP contribution in [0.4, 0.5) is 0 Å². The van der Waals surface area contributed by atoms with Gasteiger partial charge in [0.05, 0.1) is 6.54 Å². The van der Waals surface area contributed by atoms with Crippen molar-refractivity contribution in [3.05, 3.63) is 11.6 Å². The number of nitrogens with one attached hydrogen (secondary N) is 1. The number of rotatable bonds is 4. The van der Waals surface area contributed by atoms with Crippen molar-refractivity contribution in [3.8, 4) is 12.3 Å². The van der Waals surface area contributed by atoms with Crippen LogP contribution in [0.15, 0.2) is 11.6 Å². The number of allylic oxidation sites excluding steroid dienone is 2. The molecule has 2 atom stereocenters. The minimum absolute atomic E-state index is 0.654. The molecule has 0 heterocycles. The van der Waals surface area contributed by atoms with Crippen LogP contribution in [-0.4, -0.2) is 12.6 Å². The van der Waals surface area contributed by atoms with Gasteiger partial charge in [0.15, 0.2) is 0 Å². The van der Waals surface area contributed by atoms with E-state index in [1.807, 2.05) is 0 Å². The lowest BCUT2D eigenvalue weighted by Gasteiger charge is -2.18. The van der Waals surface area contributed by atoms with Crippen molar-refractivity contribution >= 4 is 0 Å². The van der Waals surface area contributed by atoms with E-state index in [0.29, 0.717) is 6.04 Å². The molecule has 0 bridgehead atoms. The highest BCUT2D eigenvalue weighted by Crippen LogP contribution is 2.28. The molecule has 1 N–H and O–H groups in total. The highest BCUT2D eigenvalue weighted by Gasteiger charge is 2.25. The maximum Gasteiger partial charge on any atom is 0.0576 e. The summed E-state index contributed by atoms with van der Waals surface area (Å²) in [6.45, 7) is 5.05. The first-order valence-electron chi connectivity index (χ1n) is 5.54. The molecule has 78 valence electrons. The van der Waals surface area contributed by atoms with Crippen molar-refractivity contribution in [1.29, 1.82) is 0 Å². The van der Waals surface area contributed by atoms with Crippen LogP contribution in [0.5, 0.6) is 0 Å². The van der Waals surface area contributed by atoms with Crippen molar-refractivity contribution in [1.82, 2.24) is 5.32 Å². The van der Waals surface area contributed by atoms with Gasteiger partial charge in [-0.05, 0) is 39.0 Å². The topological polar surface area (TPSA) is 12.0 Å². The van der Waals surface area contributed by atoms with Gasteiger partial charge in [-0.15, -0.1) is 6.42 Å². The Labute approximate surface area is 88.0 Å². The maximum atomic E-state index is 5.25. The van der Waals surface area contributed by atoms with Gasteiger partial charge in [0.2, 0.25) is 0 Å². The zero-order valence-electron chi connectivity index (χ0n) is 9.34. The number of hydrogen-bond donors (Lipinski definition) is 1. The Kier molecular flexibility index (Phi) is 4.76. The summed E-state index contributed by atoms with van der Waals surface area (Å²) in [6, 6.07) is 0.654. The molecule has 1 rings (SSSR count). The van der Waals surface area contributed by atoms with E-state index < -0.39 is 0 Å². The zero-order chi connectivity index (χ0) is 10.4. The summed E-state index contributed by atoms with van der Waals surface area (Å²) in [6.07, 6.45) is 12.8. The first-order valence-corrected chi connectivity index (χ1v) is 5.54. The van der Waals surface area contributed by atoms with Crippen molar-refractivity contribution in [2.45, 2.75) is 45.6 Å². The summed E-state index contributed by atoms with van der Waals surface area (Å²) in [4.78, 5) is 0. The van der Waals surface area contributed by atoms with Crippen LogP contribution in [0, 0.1) is 18.3 Å². The minimum atomic E-state index is 0.654. The van der Waals surface area contributed by atoms with E-state index in [0.717, 1.165) is 12.5 Å². The van der Waals surface area contributed by atoms with Crippen molar-refractivity contribution in [2.75, 3.05) is 6.54 Å². The van der Waals surface area contributed by atoms with Crippen molar-refractivity contribution < 1.29 is 0 Å². The van der Waals surface area contributed by atoms with Crippen LogP contribution in [0.1, 0.15) is 39.5 Å². The van der Waals surface area contributed by atoms with Crippen LogP contribution in [0.25, 0.3) is 0 Å². The Morgan fingerprint density at radius 2 is 2.29 bits per heavy atom. The fraction of sp³-hybridized carbons (Fsp3) is 0.692. The standard InChI is InChI=1S/C13H21N/c1-4-10-14-13-7-5-6-12(13)9-8-11(2)3/h1,8,12-14H,5-7,9-10H2,2-3H3/t12-,13+/m1/s1. The zero-order valence-corrected chi connectivity index (χ0v) is 9.34. The monoisotopic (exact) mass is 191 g/mol. The van der Waals surface area contributed by atoms with Crippen LogP contribution < -0.4 is 5.32 Å². The average molecular weight is 191 g/mol. The van der Waals surface area contributed by atoms with E-state index in [2.05, 4.69) is 31.2 Å². The maximum absolute atomic E-state index is 5.25. The fourth-order valence-corrected chi connectivity index (χ4v) is 2.16. The molecule has 0 aromatic heterocycles. The molecule has 1 nitrogen and oxygen atoms in total. The molecular formula is C13H21N. The van der Waals surface area contributed by atoms with Gasteiger partial charge in [-0.25, -0.2) is 0 Å². The van der Waals surface area contributed by atoms with Gasteiger partial charge < -0.3 is 5.32 Å². The lowest BCUT2D eigenvalue weighted by molar-refractivity contribution is 0.419. The lowest BCUT2D eigenvalue weighted by atomic mass is 9.98. The van der Waals surface area contributed by atoms with Crippen LogP contribution in [-0.2, 0) is 0 Å². The predicted molar refractivity (Wildman–Crippen MR) is 62.0 cm³/mol. The highest BCUT2D eigenvalue weighted by molar-refractivity contribution is 4.98. The van der Waals surface area contributed by atoms with E-state index in [-0.39, 0.29) is 0 Å². The highest BCUT2D eigenvalue weighted by atomic mass is 14.9. The van der Waals surface area contributed by atoms with E-state index in [9.17, 15) is 0 Å². The number of hydrogen-bond acceptors (Lipinski definition) is 1. The Balaban J connectivity index is 2.36. The third-order valence-corrected chi connectivity index (χ3v) is 2.95. The summed E-state index contributed by atoms with van der Waals surface area (Å²) >= 11 is 0. The Morgan fingerprint density at radius 1 is 1.50 bits per heavy atom. The van der Waals surface area contributed by atoms with Gasteiger partial charge in [0.1, 0.15) is 0 Å². The summed E-state index contributed by atoms with van der Waals surface area (Å²) in [7, 11) is 0. The average Bonchev–Trinajstić information content (AvgIpc) is 2.58. The Hall–Kier alpha value is -0.740. The molecule has 1 aliphatic carbocycles. The SMILES string of the molecule is C#CCN[C@H]1CCC[C@@H]1CC=C(C)C. The predicted octanol–water partition coefficient (Wildman–Crippen LogP) is 2.73. The molecule has 14 heavy (non-hydrogen) atoms. The molecule has 0 aromatic rings. The van der Waals surface area contributed by atoms with Crippen molar-refractivity contribution in [3.63, 3.8) is 0 Å². The van der Waals surface area contributed by atoms with E-state index in [4.69, 9.17) is 6.42 Å². The molecule has 0 saturated heterocycles. The van der Waals surface area contributed by atoms with Crippen LogP contribution >= 0.6 is 0 Å². The molecule has 0 radical (unpaired) electrons. The molecule has 1 fully saturated rings. The second-order valence-corrected chi connectivity index (χ2v) is 4.40. The summed E-state index contributed by atoms with van der Waals surface area (Å²) in [5, 5.41) is 3.44. The van der Waals surface area contributed by atoms with Gasteiger partial charge >= 0.3 is 0 Å². The largest absolute Gasteiger partial charge is 0.303 e. The molecule has 1 aliphatic rings. The fourth-order valence-electron chi connectivity index (χ4n) is 2.16. The van der Waals surface area contributed by atoms with Gasteiger partial charge in [0.25, 0.3) is 0 Å². The first kappa shape index (κ1) is 11.3. The molecule has 0 aliphatic heterocycles. The quantitative estimate of drug-likeness (QED) is 0.532. The Bertz CT molecular complexity index is 230. The van der Waals surface area contributed by atoms with Crippen LogP contribution in [0.2, 0.25) is 0 Å². The van der Waals surface area contributed by atoms with E-state index in [1.165, 1.54) is 31.3 Å². The van der Waals surface area contributed by atoms with Gasteiger partial charge in [-0.2, -0.15) is 0 Å². The molecule has 0 amide bonds. The van der Waals surface area contributed by atoms with E-state index in [1.54, 1.807) is 0 Å². The van der Waals surface area contributed by atoms with Gasteiger partial charge in [-0.3, -0.25) is 0 Å². The normalized spacial score (nSPS) is 25.8. The van der Waals surface area contributed by atoms with Gasteiger partial charge in [-0.1, -0.05) is 24.0 Å². The second kappa shape index (κ2) is 5.88. The molecule has 0 aromatic carbocycles. The summed E-state index contributed by atoms with van der Waals surface area (Å²) in [5.41, 5.74) is 1.42. The third kappa shape index (κ3) is 3.55. The Morgan fingerprint density at radius 3 is 2.93 bits per heavy atom. The van der Waals surface area contributed by atoms with Crippen molar-refractivity contribution in [2.24, 2.45) is 5.92 Å². The molecule has 0 unspecified atom stereocenters. The molecule has 1 saturated carbocycles.